The zero-order chi connectivity index (χ0) is 12.5. The third-order valence-corrected chi connectivity index (χ3v) is 4.92. The Kier molecular flexibility index (Phi) is 3.25. The second kappa shape index (κ2) is 4.89. The van der Waals surface area contributed by atoms with Gasteiger partial charge < -0.3 is 4.90 Å². The van der Waals surface area contributed by atoms with Gasteiger partial charge >= 0.3 is 0 Å². The zero-order valence-electron chi connectivity index (χ0n) is 10.8. The monoisotopic (exact) mass is 247 g/mol. The summed E-state index contributed by atoms with van der Waals surface area (Å²) in [5, 5.41) is 8.66. The number of carbonyl (C=O) groups excluding carboxylic acids is 1. The molecule has 2 atom stereocenters. The van der Waals surface area contributed by atoms with Crippen LogP contribution in [0.2, 0.25) is 0 Å². The summed E-state index contributed by atoms with van der Waals surface area (Å²) >= 11 is 0. The molecule has 0 aromatic rings. The van der Waals surface area contributed by atoms with Crippen molar-refractivity contribution in [3.05, 3.63) is 0 Å². The number of amides is 1. The fourth-order valence-corrected chi connectivity index (χ4v) is 3.80. The first-order chi connectivity index (χ1) is 8.81. The summed E-state index contributed by atoms with van der Waals surface area (Å²) in [5.41, 5.74) is 0. The molecule has 3 aliphatic rings. The molecule has 1 heterocycles. The number of carbonyl (C=O) groups is 1. The summed E-state index contributed by atoms with van der Waals surface area (Å²) in [6.07, 6.45) is 5.19. The Morgan fingerprint density at radius 1 is 1.11 bits per heavy atom. The predicted octanol–water partition coefficient (Wildman–Crippen LogP) is 1.09. The van der Waals surface area contributed by atoms with Gasteiger partial charge in [-0.05, 0) is 24.7 Å². The lowest BCUT2D eigenvalue weighted by Crippen LogP contribution is -2.49. The van der Waals surface area contributed by atoms with Crippen LogP contribution in [0.5, 0.6) is 0 Å². The van der Waals surface area contributed by atoms with Gasteiger partial charge in [-0.1, -0.05) is 12.8 Å². The molecule has 4 nitrogen and oxygen atoms in total. The van der Waals surface area contributed by atoms with Gasteiger partial charge in [0.15, 0.2) is 0 Å². The van der Waals surface area contributed by atoms with Crippen molar-refractivity contribution in [1.82, 2.24) is 9.80 Å². The molecule has 4 heteroatoms. The largest absolute Gasteiger partial charge is 0.340 e. The van der Waals surface area contributed by atoms with Crippen molar-refractivity contribution < 1.29 is 4.79 Å². The average molecular weight is 247 g/mol. The summed E-state index contributed by atoms with van der Waals surface area (Å²) in [5.74, 6) is 2.19. The van der Waals surface area contributed by atoms with Crippen LogP contribution >= 0.6 is 0 Å². The number of nitrogens with zero attached hydrogens (tertiary/aromatic N) is 3. The van der Waals surface area contributed by atoms with Crippen LogP contribution in [-0.2, 0) is 4.79 Å². The number of nitriles is 1. The second-order valence-corrected chi connectivity index (χ2v) is 5.90. The van der Waals surface area contributed by atoms with E-state index in [0.29, 0.717) is 30.2 Å². The molecule has 1 amide bonds. The van der Waals surface area contributed by atoms with Gasteiger partial charge in [0.2, 0.25) is 5.91 Å². The van der Waals surface area contributed by atoms with Gasteiger partial charge in [-0.25, -0.2) is 0 Å². The fraction of sp³-hybridized carbons (Fsp3) is 0.857. The van der Waals surface area contributed by atoms with E-state index in [4.69, 9.17) is 5.26 Å². The lowest BCUT2D eigenvalue weighted by molar-refractivity contribution is -0.134. The van der Waals surface area contributed by atoms with Crippen molar-refractivity contribution in [2.45, 2.75) is 25.7 Å². The van der Waals surface area contributed by atoms with Crippen LogP contribution in [0.15, 0.2) is 0 Å². The molecule has 2 unspecified atom stereocenters. The Hall–Kier alpha value is -1.08. The first-order valence-corrected chi connectivity index (χ1v) is 7.19. The van der Waals surface area contributed by atoms with E-state index in [1.54, 1.807) is 0 Å². The van der Waals surface area contributed by atoms with Crippen LogP contribution in [0.1, 0.15) is 25.7 Å². The third-order valence-electron chi connectivity index (χ3n) is 4.92. The Morgan fingerprint density at radius 2 is 1.72 bits per heavy atom. The number of rotatable bonds is 2. The Labute approximate surface area is 109 Å². The van der Waals surface area contributed by atoms with E-state index in [1.807, 2.05) is 4.90 Å². The summed E-state index contributed by atoms with van der Waals surface area (Å²) < 4.78 is 0. The molecule has 3 rings (SSSR count). The maximum Gasteiger partial charge on any atom is 0.226 e. The van der Waals surface area contributed by atoms with Gasteiger partial charge in [0, 0.05) is 32.1 Å². The average Bonchev–Trinajstić information content (AvgIpc) is 3.13. The highest BCUT2D eigenvalue weighted by Gasteiger charge is 2.55. The molecule has 1 aliphatic heterocycles. The van der Waals surface area contributed by atoms with Crippen LogP contribution in [0, 0.1) is 29.1 Å². The highest BCUT2D eigenvalue weighted by molar-refractivity contribution is 5.82. The maximum absolute atomic E-state index is 12.4. The van der Waals surface area contributed by atoms with Gasteiger partial charge in [0.25, 0.3) is 0 Å². The summed E-state index contributed by atoms with van der Waals surface area (Å²) in [7, 11) is 0. The predicted molar refractivity (Wildman–Crippen MR) is 67.6 cm³/mol. The van der Waals surface area contributed by atoms with Crippen LogP contribution in [0.25, 0.3) is 0 Å². The van der Waals surface area contributed by atoms with Crippen molar-refractivity contribution >= 4 is 5.91 Å². The molecule has 0 aromatic carbocycles. The molecule has 1 saturated heterocycles. The van der Waals surface area contributed by atoms with Crippen LogP contribution in [0.4, 0.5) is 0 Å². The fourth-order valence-electron chi connectivity index (χ4n) is 3.80. The van der Waals surface area contributed by atoms with Crippen molar-refractivity contribution in [2.24, 2.45) is 17.8 Å². The SMILES string of the molecule is N#CCN1CCN(C(=O)C2C3CCCCC32)CC1. The van der Waals surface area contributed by atoms with Crippen LogP contribution < -0.4 is 0 Å². The minimum absolute atomic E-state index is 0.356. The molecule has 0 spiro atoms. The highest BCUT2D eigenvalue weighted by Crippen LogP contribution is 2.56. The van der Waals surface area contributed by atoms with Gasteiger partial charge in [-0.2, -0.15) is 5.26 Å². The summed E-state index contributed by atoms with van der Waals surface area (Å²) in [6.45, 7) is 3.85. The summed E-state index contributed by atoms with van der Waals surface area (Å²) in [4.78, 5) is 16.6. The Bertz CT molecular complexity index is 356. The van der Waals surface area contributed by atoms with E-state index in [-0.39, 0.29) is 0 Å². The number of hydrogen-bond donors (Lipinski definition) is 0. The molecule has 18 heavy (non-hydrogen) atoms. The van der Waals surface area contributed by atoms with Gasteiger partial charge in [-0.3, -0.25) is 9.69 Å². The van der Waals surface area contributed by atoms with Gasteiger partial charge in [0.1, 0.15) is 0 Å². The molecular formula is C14H21N3O. The minimum atomic E-state index is 0.356. The molecule has 0 radical (unpaired) electrons. The van der Waals surface area contributed by atoms with Crippen molar-refractivity contribution in [3.63, 3.8) is 0 Å². The number of hydrogen-bond acceptors (Lipinski definition) is 3. The van der Waals surface area contributed by atoms with E-state index in [1.165, 1.54) is 25.7 Å². The van der Waals surface area contributed by atoms with Crippen molar-refractivity contribution in [1.29, 1.82) is 5.26 Å². The van der Waals surface area contributed by atoms with E-state index >= 15 is 0 Å². The molecule has 0 aromatic heterocycles. The topological polar surface area (TPSA) is 47.3 Å². The quantitative estimate of drug-likeness (QED) is 0.686. The van der Waals surface area contributed by atoms with Crippen molar-refractivity contribution in [2.75, 3.05) is 32.7 Å². The molecule has 2 saturated carbocycles. The Morgan fingerprint density at radius 3 is 2.28 bits per heavy atom. The molecule has 3 fully saturated rings. The Balaban J connectivity index is 1.51. The normalized spacial score (nSPS) is 35.7. The lowest BCUT2D eigenvalue weighted by atomic mass is 10.0. The smallest absolute Gasteiger partial charge is 0.226 e. The third kappa shape index (κ3) is 2.12. The zero-order valence-corrected chi connectivity index (χ0v) is 10.8. The molecule has 2 aliphatic carbocycles. The molecule has 0 N–H and O–H groups in total. The summed E-state index contributed by atoms with van der Waals surface area (Å²) in [6, 6.07) is 2.18. The van der Waals surface area contributed by atoms with Gasteiger partial charge in [-0.15, -0.1) is 0 Å². The first kappa shape index (κ1) is 12.0. The van der Waals surface area contributed by atoms with Crippen LogP contribution in [0.3, 0.4) is 0 Å². The second-order valence-electron chi connectivity index (χ2n) is 5.90. The molecular weight excluding hydrogens is 226 g/mol. The number of fused-ring (bicyclic) bond motifs is 1. The van der Waals surface area contributed by atoms with E-state index in [2.05, 4.69) is 11.0 Å². The highest BCUT2D eigenvalue weighted by atomic mass is 16.2. The van der Waals surface area contributed by atoms with Gasteiger partial charge in [0.05, 0.1) is 12.6 Å². The number of piperazine rings is 1. The standard InChI is InChI=1S/C14H21N3O/c15-5-6-16-7-9-17(10-8-16)14(18)13-11-3-1-2-4-12(11)13/h11-13H,1-4,6-10H2. The van der Waals surface area contributed by atoms with Crippen molar-refractivity contribution in [3.8, 4) is 6.07 Å². The lowest BCUT2D eigenvalue weighted by Gasteiger charge is -2.33. The van der Waals surface area contributed by atoms with E-state index in [9.17, 15) is 4.79 Å². The van der Waals surface area contributed by atoms with E-state index in [0.717, 1.165) is 26.2 Å². The molecule has 98 valence electrons. The molecule has 0 bridgehead atoms. The van der Waals surface area contributed by atoms with E-state index < -0.39 is 0 Å². The first-order valence-electron chi connectivity index (χ1n) is 7.19. The van der Waals surface area contributed by atoms with Crippen LogP contribution in [-0.4, -0.2) is 48.4 Å². The maximum atomic E-state index is 12.4. The minimum Gasteiger partial charge on any atom is -0.340 e.